The summed E-state index contributed by atoms with van der Waals surface area (Å²) in [4.78, 5) is 0. The second-order valence-electron chi connectivity index (χ2n) is 4.38. The molecular formula is C12H17BrFNO. The van der Waals surface area contributed by atoms with Crippen LogP contribution in [0, 0.1) is 5.82 Å². The van der Waals surface area contributed by atoms with Crippen LogP contribution in [-0.2, 0) is 11.3 Å². The molecule has 0 unspecified atom stereocenters. The van der Waals surface area contributed by atoms with Gasteiger partial charge >= 0.3 is 0 Å². The van der Waals surface area contributed by atoms with Crippen molar-refractivity contribution in [2.24, 2.45) is 0 Å². The Hall–Kier alpha value is -0.450. The third-order valence-electron chi connectivity index (χ3n) is 2.29. The van der Waals surface area contributed by atoms with Crippen molar-refractivity contribution in [3.05, 3.63) is 34.1 Å². The zero-order valence-corrected chi connectivity index (χ0v) is 11.4. The van der Waals surface area contributed by atoms with E-state index in [0.29, 0.717) is 17.6 Å². The first-order valence-electron chi connectivity index (χ1n) is 5.13. The van der Waals surface area contributed by atoms with E-state index in [2.05, 4.69) is 21.2 Å². The molecule has 0 aromatic heterocycles. The van der Waals surface area contributed by atoms with Crippen LogP contribution >= 0.6 is 15.9 Å². The lowest BCUT2D eigenvalue weighted by molar-refractivity contribution is 0.127. The topological polar surface area (TPSA) is 21.3 Å². The van der Waals surface area contributed by atoms with Gasteiger partial charge in [-0.1, -0.05) is 12.1 Å². The highest BCUT2D eigenvalue weighted by atomic mass is 79.9. The van der Waals surface area contributed by atoms with Gasteiger partial charge in [0.25, 0.3) is 0 Å². The molecule has 0 aliphatic carbocycles. The molecule has 0 fully saturated rings. The molecule has 0 aliphatic heterocycles. The summed E-state index contributed by atoms with van der Waals surface area (Å²) in [5.41, 5.74) is 0.782. The first kappa shape index (κ1) is 13.6. The zero-order valence-electron chi connectivity index (χ0n) is 9.81. The summed E-state index contributed by atoms with van der Waals surface area (Å²) < 4.78 is 18.9. The van der Waals surface area contributed by atoms with Crippen LogP contribution in [0.1, 0.15) is 19.4 Å². The average molecular weight is 290 g/mol. The standard InChI is InChI=1S/C12H17BrFNO/c1-12(2,8-16-3)15-7-9-5-4-6-10(14)11(9)13/h4-6,15H,7-8H2,1-3H3. The summed E-state index contributed by atoms with van der Waals surface area (Å²) in [7, 11) is 1.67. The second-order valence-corrected chi connectivity index (χ2v) is 5.18. The van der Waals surface area contributed by atoms with Gasteiger partial charge in [-0.3, -0.25) is 0 Å². The lowest BCUT2D eigenvalue weighted by Crippen LogP contribution is -2.42. The van der Waals surface area contributed by atoms with Gasteiger partial charge in [0.05, 0.1) is 11.1 Å². The fourth-order valence-corrected chi connectivity index (χ4v) is 1.84. The molecule has 0 amide bonds. The van der Waals surface area contributed by atoms with Gasteiger partial charge in [0, 0.05) is 19.2 Å². The molecule has 1 N–H and O–H groups in total. The van der Waals surface area contributed by atoms with Gasteiger partial charge in [0.1, 0.15) is 5.82 Å². The number of nitrogens with one attached hydrogen (secondary N) is 1. The minimum Gasteiger partial charge on any atom is -0.383 e. The Morgan fingerprint density at radius 3 is 2.75 bits per heavy atom. The molecule has 0 saturated heterocycles. The highest BCUT2D eigenvalue weighted by Gasteiger charge is 2.17. The zero-order chi connectivity index (χ0) is 12.2. The first-order chi connectivity index (χ1) is 7.46. The number of ether oxygens (including phenoxy) is 1. The molecular weight excluding hydrogens is 273 g/mol. The molecule has 2 nitrogen and oxygen atoms in total. The number of benzene rings is 1. The highest BCUT2D eigenvalue weighted by molar-refractivity contribution is 9.10. The molecule has 1 rings (SSSR count). The summed E-state index contributed by atoms with van der Waals surface area (Å²) in [5.74, 6) is -0.233. The van der Waals surface area contributed by atoms with Crippen LogP contribution in [0.2, 0.25) is 0 Å². The van der Waals surface area contributed by atoms with Crippen molar-refractivity contribution in [3.8, 4) is 0 Å². The molecule has 0 heterocycles. The molecule has 0 bridgehead atoms. The Morgan fingerprint density at radius 1 is 1.44 bits per heavy atom. The maximum atomic E-state index is 13.2. The molecule has 16 heavy (non-hydrogen) atoms. The van der Waals surface area contributed by atoms with Crippen molar-refractivity contribution < 1.29 is 9.13 Å². The Kier molecular flexibility index (Phi) is 4.89. The van der Waals surface area contributed by atoms with Crippen molar-refractivity contribution in [3.63, 3.8) is 0 Å². The Labute approximate surface area is 104 Å². The van der Waals surface area contributed by atoms with E-state index in [1.807, 2.05) is 19.9 Å². The molecule has 0 aliphatic rings. The molecule has 90 valence electrons. The molecule has 0 spiro atoms. The fraction of sp³-hybridized carbons (Fsp3) is 0.500. The number of hydrogen-bond donors (Lipinski definition) is 1. The monoisotopic (exact) mass is 289 g/mol. The minimum atomic E-state index is -0.233. The lowest BCUT2D eigenvalue weighted by atomic mass is 10.1. The number of hydrogen-bond acceptors (Lipinski definition) is 2. The lowest BCUT2D eigenvalue weighted by Gasteiger charge is -2.25. The van der Waals surface area contributed by atoms with Crippen molar-refractivity contribution in [1.82, 2.24) is 5.32 Å². The van der Waals surface area contributed by atoms with Crippen LogP contribution < -0.4 is 5.32 Å². The smallest absolute Gasteiger partial charge is 0.137 e. The minimum absolute atomic E-state index is 0.124. The Bertz CT molecular complexity index is 355. The van der Waals surface area contributed by atoms with E-state index in [4.69, 9.17) is 4.74 Å². The summed E-state index contributed by atoms with van der Waals surface area (Å²) in [6, 6.07) is 5.04. The maximum absolute atomic E-state index is 13.2. The van der Waals surface area contributed by atoms with Gasteiger partial charge in [-0.05, 0) is 41.4 Å². The maximum Gasteiger partial charge on any atom is 0.137 e. The van der Waals surface area contributed by atoms with E-state index in [-0.39, 0.29) is 11.4 Å². The Morgan fingerprint density at radius 2 is 2.12 bits per heavy atom. The van der Waals surface area contributed by atoms with Crippen LogP contribution in [0.4, 0.5) is 4.39 Å². The average Bonchev–Trinajstić information content (AvgIpc) is 2.20. The predicted octanol–water partition coefficient (Wildman–Crippen LogP) is 3.10. The van der Waals surface area contributed by atoms with E-state index >= 15 is 0 Å². The van der Waals surface area contributed by atoms with Crippen LogP contribution in [0.3, 0.4) is 0 Å². The first-order valence-corrected chi connectivity index (χ1v) is 5.92. The van der Waals surface area contributed by atoms with Gasteiger partial charge in [-0.25, -0.2) is 4.39 Å². The van der Waals surface area contributed by atoms with E-state index in [1.54, 1.807) is 13.2 Å². The largest absolute Gasteiger partial charge is 0.383 e. The van der Waals surface area contributed by atoms with E-state index in [0.717, 1.165) is 5.56 Å². The quantitative estimate of drug-likeness (QED) is 0.899. The third kappa shape index (κ3) is 3.85. The summed E-state index contributed by atoms with van der Waals surface area (Å²) >= 11 is 3.24. The van der Waals surface area contributed by atoms with E-state index < -0.39 is 0 Å². The van der Waals surface area contributed by atoms with Crippen LogP contribution in [-0.4, -0.2) is 19.3 Å². The van der Waals surface area contributed by atoms with Crippen LogP contribution in [0.5, 0.6) is 0 Å². The number of halogens is 2. The Balaban J connectivity index is 2.64. The number of methoxy groups -OCH3 is 1. The third-order valence-corrected chi connectivity index (χ3v) is 3.18. The summed E-state index contributed by atoms with van der Waals surface area (Å²) in [6.07, 6.45) is 0. The van der Waals surface area contributed by atoms with E-state index in [9.17, 15) is 4.39 Å². The SMILES string of the molecule is COCC(C)(C)NCc1cccc(F)c1Br. The highest BCUT2D eigenvalue weighted by Crippen LogP contribution is 2.20. The van der Waals surface area contributed by atoms with Gasteiger partial charge in [0.15, 0.2) is 0 Å². The van der Waals surface area contributed by atoms with Gasteiger partial charge in [-0.2, -0.15) is 0 Å². The molecule has 0 atom stereocenters. The van der Waals surface area contributed by atoms with Gasteiger partial charge in [-0.15, -0.1) is 0 Å². The normalized spacial score (nSPS) is 11.8. The van der Waals surface area contributed by atoms with Crippen LogP contribution in [0.25, 0.3) is 0 Å². The summed E-state index contributed by atoms with van der Waals surface area (Å²) in [5, 5.41) is 3.32. The van der Waals surface area contributed by atoms with Crippen molar-refractivity contribution in [2.45, 2.75) is 25.9 Å². The molecule has 1 aromatic rings. The van der Waals surface area contributed by atoms with Crippen LogP contribution in [0.15, 0.2) is 22.7 Å². The summed E-state index contributed by atoms with van der Waals surface area (Å²) in [6.45, 7) is 5.31. The molecule has 0 radical (unpaired) electrons. The van der Waals surface area contributed by atoms with Gasteiger partial charge < -0.3 is 10.1 Å². The fourth-order valence-electron chi connectivity index (χ4n) is 1.43. The predicted molar refractivity (Wildman–Crippen MR) is 66.9 cm³/mol. The van der Waals surface area contributed by atoms with Crippen molar-refractivity contribution in [1.29, 1.82) is 0 Å². The van der Waals surface area contributed by atoms with Crippen molar-refractivity contribution in [2.75, 3.05) is 13.7 Å². The molecule has 4 heteroatoms. The number of rotatable bonds is 5. The van der Waals surface area contributed by atoms with E-state index in [1.165, 1.54) is 6.07 Å². The second kappa shape index (κ2) is 5.75. The van der Waals surface area contributed by atoms with Crippen molar-refractivity contribution >= 4 is 15.9 Å². The van der Waals surface area contributed by atoms with Gasteiger partial charge in [0.2, 0.25) is 0 Å². The molecule has 1 aromatic carbocycles. The molecule has 0 saturated carbocycles.